The van der Waals surface area contributed by atoms with Crippen molar-refractivity contribution in [1.29, 1.82) is 5.26 Å². The van der Waals surface area contributed by atoms with Crippen LogP contribution in [0.3, 0.4) is 0 Å². The third-order valence-corrected chi connectivity index (χ3v) is 3.16. The Morgan fingerprint density at radius 3 is 2.86 bits per heavy atom. The molecule has 0 unspecified atom stereocenters. The molecule has 1 amide bonds. The van der Waals surface area contributed by atoms with Crippen LogP contribution in [0.1, 0.15) is 16.9 Å². The van der Waals surface area contributed by atoms with Crippen LogP contribution in [0.4, 0.5) is 0 Å². The zero-order valence-corrected chi connectivity index (χ0v) is 12.0. The van der Waals surface area contributed by atoms with Crippen molar-refractivity contribution < 1.29 is 9.53 Å². The maximum atomic E-state index is 12.5. The van der Waals surface area contributed by atoms with Gasteiger partial charge in [-0.2, -0.15) is 5.26 Å². The SMILES string of the molecule is COCCN(CCC#N)C(=O)c1ccc2ccccc2n1. The maximum Gasteiger partial charge on any atom is 0.272 e. The van der Waals surface area contributed by atoms with E-state index in [4.69, 9.17) is 10.00 Å². The number of benzene rings is 1. The number of hydrogen-bond acceptors (Lipinski definition) is 4. The molecule has 5 nitrogen and oxygen atoms in total. The summed E-state index contributed by atoms with van der Waals surface area (Å²) in [5, 5.41) is 9.69. The Morgan fingerprint density at radius 2 is 2.10 bits per heavy atom. The molecular formula is C16H17N3O2. The Balaban J connectivity index is 2.22. The molecule has 0 radical (unpaired) electrons. The molecule has 1 aromatic heterocycles. The fourth-order valence-corrected chi connectivity index (χ4v) is 2.05. The van der Waals surface area contributed by atoms with E-state index in [1.54, 1.807) is 18.1 Å². The van der Waals surface area contributed by atoms with Crippen LogP contribution >= 0.6 is 0 Å². The number of para-hydroxylation sites is 1. The average Bonchev–Trinajstić information content (AvgIpc) is 2.54. The molecule has 0 aliphatic rings. The maximum absolute atomic E-state index is 12.5. The fraction of sp³-hybridized carbons (Fsp3) is 0.312. The molecule has 21 heavy (non-hydrogen) atoms. The summed E-state index contributed by atoms with van der Waals surface area (Å²) in [5.41, 5.74) is 1.18. The molecular weight excluding hydrogens is 266 g/mol. The van der Waals surface area contributed by atoms with Crippen LogP contribution in [-0.2, 0) is 4.74 Å². The van der Waals surface area contributed by atoms with E-state index in [-0.39, 0.29) is 5.91 Å². The summed E-state index contributed by atoms with van der Waals surface area (Å²) in [6.07, 6.45) is 0.295. The highest BCUT2D eigenvalue weighted by molar-refractivity contribution is 5.94. The predicted octanol–water partition coefficient (Wildman–Crippen LogP) is 2.24. The normalized spacial score (nSPS) is 10.3. The van der Waals surface area contributed by atoms with Crippen molar-refractivity contribution in [2.24, 2.45) is 0 Å². The first-order valence-electron chi connectivity index (χ1n) is 6.77. The van der Waals surface area contributed by atoms with Gasteiger partial charge in [0.05, 0.1) is 24.6 Å². The van der Waals surface area contributed by atoms with Crippen LogP contribution in [0.15, 0.2) is 36.4 Å². The summed E-state index contributed by atoms with van der Waals surface area (Å²) >= 11 is 0. The molecule has 0 saturated heterocycles. The zero-order valence-electron chi connectivity index (χ0n) is 12.0. The average molecular weight is 283 g/mol. The second-order valence-corrected chi connectivity index (χ2v) is 4.58. The van der Waals surface area contributed by atoms with Gasteiger partial charge < -0.3 is 9.64 Å². The number of nitrogens with zero attached hydrogens (tertiary/aromatic N) is 3. The lowest BCUT2D eigenvalue weighted by molar-refractivity contribution is 0.0694. The van der Waals surface area contributed by atoms with E-state index in [0.717, 1.165) is 10.9 Å². The van der Waals surface area contributed by atoms with E-state index in [2.05, 4.69) is 11.1 Å². The van der Waals surface area contributed by atoms with Gasteiger partial charge in [0.2, 0.25) is 0 Å². The zero-order chi connectivity index (χ0) is 15.1. The molecule has 0 spiro atoms. The van der Waals surface area contributed by atoms with Crippen LogP contribution in [0.2, 0.25) is 0 Å². The number of carbonyl (C=O) groups is 1. The van der Waals surface area contributed by atoms with E-state index in [1.165, 1.54) is 0 Å². The van der Waals surface area contributed by atoms with Gasteiger partial charge in [-0.05, 0) is 12.1 Å². The molecule has 108 valence electrons. The van der Waals surface area contributed by atoms with E-state index in [1.807, 2.05) is 30.3 Å². The molecule has 5 heteroatoms. The number of aromatic nitrogens is 1. The minimum absolute atomic E-state index is 0.173. The number of carbonyl (C=O) groups excluding carboxylic acids is 1. The highest BCUT2D eigenvalue weighted by atomic mass is 16.5. The topological polar surface area (TPSA) is 66.2 Å². The van der Waals surface area contributed by atoms with Gasteiger partial charge in [0.15, 0.2) is 0 Å². The fourth-order valence-electron chi connectivity index (χ4n) is 2.05. The number of methoxy groups -OCH3 is 1. The summed E-state index contributed by atoms with van der Waals surface area (Å²) in [7, 11) is 1.58. The van der Waals surface area contributed by atoms with Gasteiger partial charge in [-0.1, -0.05) is 24.3 Å². The summed E-state index contributed by atoms with van der Waals surface area (Å²) in [5.74, 6) is -0.173. The molecule has 0 aliphatic carbocycles. The molecule has 1 aromatic carbocycles. The van der Waals surface area contributed by atoms with Gasteiger partial charge in [-0.25, -0.2) is 4.98 Å². The predicted molar refractivity (Wildman–Crippen MR) is 79.8 cm³/mol. The van der Waals surface area contributed by atoms with Gasteiger partial charge in [-0.3, -0.25) is 4.79 Å². The number of ether oxygens (including phenoxy) is 1. The summed E-state index contributed by atoms with van der Waals surface area (Å²) in [6, 6.07) is 13.3. The van der Waals surface area contributed by atoms with Crippen molar-refractivity contribution in [2.45, 2.75) is 6.42 Å². The number of nitriles is 1. The van der Waals surface area contributed by atoms with Crippen LogP contribution in [0.25, 0.3) is 10.9 Å². The van der Waals surface area contributed by atoms with Crippen molar-refractivity contribution in [3.8, 4) is 6.07 Å². The largest absolute Gasteiger partial charge is 0.383 e. The smallest absolute Gasteiger partial charge is 0.272 e. The molecule has 2 rings (SSSR count). The number of hydrogen-bond donors (Lipinski definition) is 0. The lowest BCUT2D eigenvalue weighted by atomic mass is 10.2. The van der Waals surface area contributed by atoms with Gasteiger partial charge in [0.1, 0.15) is 5.69 Å². The Hall–Kier alpha value is -2.45. The molecule has 0 saturated carbocycles. The van der Waals surface area contributed by atoms with Crippen LogP contribution in [0, 0.1) is 11.3 Å². The van der Waals surface area contributed by atoms with Gasteiger partial charge >= 0.3 is 0 Å². The first kappa shape index (κ1) is 14.9. The van der Waals surface area contributed by atoms with Crippen molar-refractivity contribution >= 4 is 16.8 Å². The third kappa shape index (κ3) is 3.77. The number of pyridine rings is 1. The Morgan fingerprint density at radius 1 is 1.29 bits per heavy atom. The second kappa shape index (κ2) is 7.36. The van der Waals surface area contributed by atoms with Gasteiger partial charge in [-0.15, -0.1) is 0 Å². The lowest BCUT2D eigenvalue weighted by Gasteiger charge is -2.20. The van der Waals surface area contributed by atoms with Crippen molar-refractivity contribution in [2.75, 3.05) is 26.8 Å². The highest BCUT2D eigenvalue weighted by Crippen LogP contribution is 2.13. The number of amides is 1. The molecule has 1 heterocycles. The monoisotopic (exact) mass is 283 g/mol. The number of fused-ring (bicyclic) bond motifs is 1. The summed E-state index contributed by atoms with van der Waals surface area (Å²) < 4.78 is 5.01. The lowest BCUT2D eigenvalue weighted by Crippen LogP contribution is -2.35. The molecule has 0 atom stereocenters. The van der Waals surface area contributed by atoms with Crippen molar-refractivity contribution in [1.82, 2.24) is 9.88 Å². The van der Waals surface area contributed by atoms with E-state index < -0.39 is 0 Å². The molecule has 0 N–H and O–H groups in total. The van der Waals surface area contributed by atoms with E-state index in [0.29, 0.717) is 31.8 Å². The first-order chi connectivity index (χ1) is 10.3. The van der Waals surface area contributed by atoms with Gasteiger partial charge in [0.25, 0.3) is 5.91 Å². The van der Waals surface area contributed by atoms with E-state index in [9.17, 15) is 4.79 Å². The van der Waals surface area contributed by atoms with Gasteiger partial charge in [0, 0.05) is 25.6 Å². The minimum Gasteiger partial charge on any atom is -0.383 e. The Labute approximate surface area is 123 Å². The molecule has 0 aliphatic heterocycles. The first-order valence-corrected chi connectivity index (χ1v) is 6.77. The van der Waals surface area contributed by atoms with Crippen LogP contribution in [0.5, 0.6) is 0 Å². The van der Waals surface area contributed by atoms with Crippen molar-refractivity contribution in [3.63, 3.8) is 0 Å². The Kier molecular flexibility index (Phi) is 5.24. The minimum atomic E-state index is -0.173. The van der Waals surface area contributed by atoms with Crippen LogP contribution < -0.4 is 0 Å². The summed E-state index contributed by atoms with van der Waals surface area (Å²) in [4.78, 5) is 18.5. The molecule has 2 aromatic rings. The third-order valence-electron chi connectivity index (χ3n) is 3.16. The quantitative estimate of drug-likeness (QED) is 0.815. The van der Waals surface area contributed by atoms with Crippen LogP contribution in [-0.4, -0.2) is 42.6 Å². The molecule has 0 fully saturated rings. The summed E-state index contributed by atoms with van der Waals surface area (Å²) in [6.45, 7) is 1.27. The second-order valence-electron chi connectivity index (χ2n) is 4.58. The van der Waals surface area contributed by atoms with Crippen molar-refractivity contribution in [3.05, 3.63) is 42.1 Å². The van der Waals surface area contributed by atoms with E-state index >= 15 is 0 Å². The Bertz CT molecular complexity index is 664. The number of rotatable bonds is 6. The molecule has 0 bridgehead atoms. The highest BCUT2D eigenvalue weighted by Gasteiger charge is 2.16. The standard InChI is InChI=1S/C16H17N3O2/c1-21-12-11-19(10-4-9-17)16(20)15-8-7-13-5-2-3-6-14(13)18-15/h2-3,5-8H,4,10-12H2,1H3.